The summed E-state index contributed by atoms with van der Waals surface area (Å²) < 4.78 is 15.4. The molecule has 3 aromatic heterocycles. The minimum absolute atomic E-state index is 0.0525. The number of rotatable bonds is 9. The third-order valence-corrected chi connectivity index (χ3v) is 6.07. The van der Waals surface area contributed by atoms with Crippen molar-refractivity contribution in [2.75, 3.05) is 31.3 Å². The molecule has 0 saturated heterocycles. The van der Waals surface area contributed by atoms with E-state index in [0.29, 0.717) is 34.6 Å². The van der Waals surface area contributed by atoms with Gasteiger partial charge in [-0.15, -0.1) is 6.42 Å². The number of likely N-dealkylation sites (N-methyl/N-ethyl adjacent to an activating group) is 1. The number of pyridine rings is 1. The molecular weight excluding hydrogens is 531 g/mol. The second-order valence-corrected chi connectivity index (χ2v) is 9.57. The summed E-state index contributed by atoms with van der Waals surface area (Å²) in [6.07, 6.45) is 11.2. The van der Waals surface area contributed by atoms with Crippen LogP contribution < -0.4 is 10.6 Å². The molecule has 0 radical (unpaired) electrons. The number of terminal acetylenes is 1. The average Bonchev–Trinajstić information content (AvgIpc) is 3.24. The van der Waals surface area contributed by atoms with E-state index in [1.807, 2.05) is 20.2 Å². The first-order chi connectivity index (χ1) is 19.5. The maximum Gasteiger partial charge on any atom is 0.392 e. The van der Waals surface area contributed by atoms with Gasteiger partial charge in [-0.2, -0.15) is 5.26 Å². The zero-order chi connectivity index (χ0) is 29.7. The second-order valence-electron chi connectivity index (χ2n) is 9.57. The number of nitro groups is 1. The molecular formula is C27H24FN10O3+. The topological polar surface area (TPSA) is 165 Å². The molecule has 2 N–H and O–H groups in total. The zero-order valence-electron chi connectivity index (χ0n) is 22.3. The van der Waals surface area contributed by atoms with Crippen molar-refractivity contribution in [2.24, 2.45) is 7.05 Å². The molecule has 0 atom stereocenters. The molecule has 4 aromatic rings. The summed E-state index contributed by atoms with van der Waals surface area (Å²) in [7, 11) is 5.21. The predicted molar refractivity (Wildman–Crippen MR) is 148 cm³/mol. The van der Waals surface area contributed by atoms with Gasteiger partial charge in [0.05, 0.1) is 37.9 Å². The highest BCUT2D eigenvalue weighted by molar-refractivity contribution is 6.00. The Morgan fingerprint density at radius 3 is 2.78 bits per heavy atom. The summed E-state index contributed by atoms with van der Waals surface area (Å²) in [5, 5.41) is 26.9. The first-order valence-corrected chi connectivity index (χ1v) is 12.0. The van der Waals surface area contributed by atoms with E-state index in [9.17, 15) is 24.6 Å². The normalized spacial score (nSPS) is 11.3. The van der Waals surface area contributed by atoms with Gasteiger partial charge in [0, 0.05) is 24.2 Å². The van der Waals surface area contributed by atoms with Gasteiger partial charge >= 0.3 is 11.6 Å². The molecule has 14 heteroatoms. The smallest absolute Gasteiger partial charge is 0.358 e. The van der Waals surface area contributed by atoms with Crippen LogP contribution in [0.1, 0.15) is 17.1 Å². The first-order valence-electron chi connectivity index (χ1n) is 12.0. The van der Waals surface area contributed by atoms with Gasteiger partial charge in [-0.25, -0.2) is 19.3 Å². The summed E-state index contributed by atoms with van der Waals surface area (Å²) in [4.78, 5) is 39.9. The fourth-order valence-corrected chi connectivity index (χ4v) is 4.00. The predicted octanol–water partition coefficient (Wildman–Crippen LogP) is 3.17. The van der Waals surface area contributed by atoms with Crippen molar-refractivity contribution in [3.05, 3.63) is 82.0 Å². The number of benzene rings is 1. The Labute approximate surface area is 233 Å². The molecule has 4 rings (SSSR count). The lowest BCUT2D eigenvalue weighted by molar-refractivity contribution is -0.898. The van der Waals surface area contributed by atoms with Gasteiger partial charge in [0.15, 0.2) is 11.8 Å². The van der Waals surface area contributed by atoms with Gasteiger partial charge in [0.25, 0.3) is 0 Å². The molecule has 0 unspecified atom stereocenters. The number of hydrogen-bond acceptors (Lipinski definition) is 9. The summed E-state index contributed by atoms with van der Waals surface area (Å²) in [6.45, 7) is 0.550. The maximum absolute atomic E-state index is 13.8. The lowest BCUT2D eigenvalue weighted by Gasteiger charge is -2.28. The van der Waals surface area contributed by atoms with E-state index >= 15 is 0 Å². The molecule has 0 bridgehead atoms. The van der Waals surface area contributed by atoms with Crippen LogP contribution >= 0.6 is 0 Å². The number of nitrogens with zero attached hydrogens (tertiary/aromatic N) is 8. The number of imidazole rings is 1. The van der Waals surface area contributed by atoms with Crippen LogP contribution in [0, 0.1) is 39.6 Å². The molecule has 0 aliphatic rings. The fraction of sp³-hybridized carbons (Fsp3) is 0.185. The number of halogens is 1. The van der Waals surface area contributed by atoms with Crippen molar-refractivity contribution >= 4 is 40.0 Å². The van der Waals surface area contributed by atoms with Crippen LogP contribution in [0.15, 0.2) is 48.9 Å². The highest BCUT2D eigenvalue weighted by atomic mass is 19.1. The number of nitriles is 1. The Bertz CT molecular complexity index is 1780. The Morgan fingerprint density at radius 2 is 2.07 bits per heavy atom. The number of carbonyl (C=O) groups excluding carboxylic acids is 1. The molecule has 0 fully saturated rings. The second kappa shape index (κ2) is 11.6. The average molecular weight is 556 g/mol. The SMILES string of the molecule is C#Cc1cc(Nc2ncnc3cnc(NC(=O)/C=C/C[N+](C)(C)Cc4c([N+](=O)[O-])nc(C#N)n4C)cc23)ccc1F. The zero-order valence-corrected chi connectivity index (χ0v) is 22.3. The lowest BCUT2D eigenvalue weighted by Crippen LogP contribution is -2.39. The summed E-state index contributed by atoms with van der Waals surface area (Å²) in [5.41, 5.74) is 1.43. The molecule has 1 aromatic carbocycles. The molecule has 0 aliphatic carbocycles. The van der Waals surface area contributed by atoms with Gasteiger partial charge in [0.2, 0.25) is 5.91 Å². The summed E-state index contributed by atoms with van der Waals surface area (Å²) in [6, 6.07) is 7.70. The Balaban J connectivity index is 1.46. The van der Waals surface area contributed by atoms with E-state index in [1.165, 1.54) is 41.4 Å². The van der Waals surface area contributed by atoms with E-state index in [1.54, 1.807) is 19.2 Å². The number of amides is 1. The van der Waals surface area contributed by atoms with E-state index in [4.69, 9.17) is 6.42 Å². The monoisotopic (exact) mass is 555 g/mol. The molecule has 3 heterocycles. The number of carbonyl (C=O) groups is 1. The summed E-state index contributed by atoms with van der Waals surface area (Å²) >= 11 is 0. The third-order valence-electron chi connectivity index (χ3n) is 6.07. The van der Waals surface area contributed by atoms with Gasteiger partial charge in [-0.3, -0.25) is 9.36 Å². The standard InChI is InChI=1S/C27H23FN10O3/c1-5-17-11-18(8-9-20(17)28)33-26-19-12-23(30-14-21(19)31-16-32-26)34-25(39)7-6-10-38(3,4)15-22-27(37(40)41)35-24(13-29)36(22)2/h1,6-9,11-12,14,16H,10,15H2,2-4H3,(H-,30,31,32,33,34,39)/p+1/b7-6+. The molecule has 0 saturated carbocycles. The molecule has 41 heavy (non-hydrogen) atoms. The molecule has 0 spiro atoms. The third kappa shape index (κ3) is 6.47. The number of nitrogens with one attached hydrogen (secondary N) is 2. The van der Waals surface area contributed by atoms with Crippen molar-refractivity contribution in [1.82, 2.24) is 24.5 Å². The largest absolute Gasteiger partial charge is 0.392 e. The van der Waals surface area contributed by atoms with Crippen LogP contribution in [-0.4, -0.2) is 60.5 Å². The number of hydrogen-bond donors (Lipinski definition) is 2. The van der Waals surface area contributed by atoms with Gasteiger partial charge in [0.1, 0.15) is 30.3 Å². The van der Waals surface area contributed by atoms with Gasteiger partial charge in [-0.1, -0.05) is 5.92 Å². The quantitative estimate of drug-likeness (QED) is 0.104. The fourth-order valence-electron chi connectivity index (χ4n) is 4.00. The van der Waals surface area contributed by atoms with Crippen LogP contribution in [-0.2, 0) is 18.4 Å². The molecule has 1 amide bonds. The number of quaternary nitrogens is 1. The maximum atomic E-state index is 13.8. The first kappa shape index (κ1) is 28.3. The van der Waals surface area contributed by atoms with Crippen LogP contribution in [0.3, 0.4) is 0 Å². The van der Waals surface area contributed by atoms with Crippen molar-refractivity contribution in [2.45, 2.75) is 6.54 Å². The molecule has 13 nitrogen and oxygen atoms in total. The van der Waals surface area contributed by atoms with E-state index in [2.05, 4.69) is 36.5 Å². The van der Waals surface area contributed by atoms with Crippen molar-refractivity contribution in [3.63, 3.8) is 0 Å². The van der Waals surface area contributed by atoms with Crippen LogP contribution in [0.2, 0.25) is 0 Å². The number of anilines is 3. The molecule has 206 valence electrons. The van der Waals surface area contributed by atoms with Crippen molar-refractivity contribution < 1.29 is 18.6 Å². The lowest BCUT2D eigenvalue weighted by atomic mass is 10.2. The highest BCUT2D eigenvalue weighted by Crippen LogP contribution is 2.26. The van der Waals surface area contributed by atoms with E-state index < -0.39 is 16.6 Å². The van der Waals surface area contributed by atoms with E-state index in [0.717, 1.165) is 0 Å². The Hall–Kier alpha value is -5.73. The van der Waals surface area contributed by atoms with Gasteiger partial charge in [-0.05, 0) is 40.2 Å². The van der Waals surface area contributed by atoms with Crippen LogP contribution in [0.5, 0.6) is 0 Å². The minimum Gasteiger partial charge on any atom is -0.358 e. The van der Waals surface area contributed by atoms with Crippen LogP contribution in [0.25, 0.3) is 10.9 Å². The minimum atomic E-state index is -0.615. The molecule has 0 aliphatic heterocycles. The van der Waals surface area contributed by atoms with Gasteiger partial charge < -0.3 is 25.2 Å². The highest BCUT2D eigenvalue weighted by Gasteiger charge is 2.30. The Kier molecular flexibility index (Phi) is 7.98. The Morgan fingerprint density at radius 1 is 1.29 bits per heavy atom. The van der Waals surface area contributed by atoms with E-state index in [-0.39, 0.29) is 34.1 Å². The number of aromatic nitrogens is 5. The summed E-state index contributed by atoms with van der Waals surface area (Å²) in [5.74, 6) is 1.56. The number of fused-ring (bicyclic) bond motifs is 1. The van der Waals surface area contributed by atoms with Crippen LogP contribution in [0.4, 0.5) is 27.5 Å². The van der Waals surface area contributed by atoms with Crippen molar-refractivity contribution in [3.8, 4) is 18.4 Å². The van der Waals surface area contributed by atoms with Crippen molar-refractivity contribution in [1.29, 1.82) is 5.26 Å².